The first kappa shape index (κ1) is 18.7. The molecule has 134 valence electrons. The molecule has 0 saturated carbocycles. The van der Waals surface area contributed by atoms with Crippen LogP contribution in [0, 0.1) is 5.92 Å². The van der Waals surface area contributed by atoms with Crippen LogP contribution in [0.2, 0.25) is 0 Å². The Bertz CT molecular complexity index is 689. The fourth-order valence-electron chi connectivity index (χ4n) is 2.31. The topological polar surface area (TPSA) is 76.1 Å². The predicted octanol–water partition coefficient (Wildman–Crippen LogP) is 2.92. The molecular formula is C19H26N4O2. The molecule has 1 heterocycles. The van der Waals surface area contributed by atoms with Crippen molar-refractivity contribution in [1.29, 1.82) is 0 Å². The summed E-state index contributed by atoms with van der Waals surface area (Å²) in [6.07, 6.45) is 3.19. The van der Waals surface area contributed by atoms with E-state index in [4.69, 9.17) is 4.74 Å². The minimum absolute atomic E-state index is 0.168. The number of nitrogens with zero attached hydrogens (tertiary/aromatic N) is 2. The third-order valence-corrected chi connectivity index (χ3v) is 3.76. The van der Waals surface area contributed by atoms with Crippen molar-refractivity contribution < 1.29 is 9.53 Å². The summed E-state index contributed by atoms with van der Waals surface area (Å²) in [5.41, 5.74) is 1.55. The minimum atomic E-state index is -0.168. The summed E-state index contributed by atoms with van der Waals surface area (Å²) < 4.78 is 5.22. The van der Waals surface area contributed by atoms with E-state index in [0.717, 1.165) is 18.6 Å². The number of aromatic nitrogens is 2. The highest BCUT2D eigenvalue weighted by atomic mass is 16.5. The van der Waals surface area contributed by atoms with Gasteiger partial charge in [0.2, 0.25) is 0 Å². The fraction of sp³-hybridized carbons (Fsp3) is 0.421. The summed E-state index contributed by atoms with van der Waals surface area (Å²) in [5.74, 6) is 1.88. The molecule has 0 aliphatic heterocycles. The van der Waals surface area contributed by atoms with Gasteiger partial charge in [0.25, 0.3) is 5.91 Å². The van der Waals surface area contributed by atoms with Gasteiger partial charge in [-0.15, -0.1) is 0 Å². The molecule has 0 radical (unpaired) electrons. The molecule has 0 aliphatic carbocycles. The van der Waals surface area contributed by atoms with Crippen LogP contribution in [0.1, 0.15) is 36.3 Å². The van der Waals surface area contributed by atoms with Gasteiger partial charge in [-0.25, -0.2) is 9.97 Å². The Morgan fingerprint density at radius 3 is 2.80 bits per heavy atom. The normalized spacial score (nSPS) is 10.6. The smallest absolute Gasteiger partial charge is 0.270 e. The Morgan fingerprint density at radius 1 is 1.20 bits per heavy atom. The van der Waals surface area contributed by atoms with E-state index >= 15 is 0 Å². The number of nitrogens with one attached hydrogen (secondary N) is 2. The number of carbonyl (C=O) groups excluding carboxylic acids is 1. The molecule has 6 heteroatoms. The summed E-state index contributed by atoms with van der Waals surface area (Å²) in [5, 5.41) is 6.11. The molecule has 0 saturated heterocycles. The van der Waals surface area contributed by atoms with Gasteiger partial charge in [-0.2, -0.15) is 0 Å². The number of rotatable bonds is 9. The number of ether oxygens (including phenoxy) is 1. The van der Waals surface area contributed by atoms with Crippen molar-refractivity contribution >= 4 is 11.7 Å². The molecule has 1 amide bonds. The van der Waals surface area contributed by atoms with Gasteiger partial charge in [-0.05, 0) is 36.5 Å². The van der Waals surface area contributed by atoms with E-state index in [2.05, 4.69) is 40.5 Å². The molecule has 0 bridgehead atoms. The zero-order chi connectivity index (χ0) is 18.1. The third kappa shape index (κ3) is 6.41. The van der Waals surface area contributed by atoms with Crippen molar-refractivity contribution in [3.8, 4) is 5.75 Å². The number of amides is 1. The first-order valence-electron chi connectivity index (χ1n) is 8.55. The number of benzene rings is 1. The molecule has 0 unspecified atom stereocenters. The predicted molar refractivity (Wildman–Crippen MR) is 99.0 cm³/mol. The molecule has 0 fully saturated rings. The van der Waals surface area contributed by atoms with Crippen molar-refractivity contribution in [2.75, 3.05) is 25.5 Å². The lowest BCUT2D eigenvalue weighted by Gasteiger charge is -2.09. The van der Waals surface area contributed by atoms with E-state index in [-0.39, 0.29) is 5.91 Å². The number of hydrogen-bond donors (Lipinski definition) is 2. The maximum atomic E-state index is 12.1. The Kier molecular flexibility index (Phi) is 7.19. The Labute approximate surface area is 149 Å². The Hall–Kier alpha value is -2.63. The zero-order valence-corrected chi connectivity index (χ0v) is 15.1. The number of anilines is 1. The summed E-state index contributed by atoms with van der Waals surface area (Å²) in [6.45, 7) is 5.61. The second-order valence-electron chi connectivity index (χ2n) is 6.26. The Balaban J connectivity index is 1.85. The third-order valence-electron chi connectivity index (χ3n) is 3.76. The lowest BCUT2D eigenvalue weighted by Crippen LogP contribution is -2.26. The summed E-state index contributed by atoms with van der Waals surface area (Å²) in [7, 11) is 1.66. The maximum Gasteiger partial charge on any atom is 0.270 e. The molecule has 0 spiro atoms. The van der Waals surface area contributed by atoms with E-state index in [9.17, 15) is 4.79 Å². The number of hydrogen-bond acceptors (Lipinski definition) is 5. The molecule has 1 aromatic carbocycles. The highest BCUT2D eigenvalue weighted by Crippen LogP contribution is 2.13. The molecule has 2 aromatic rings. The van der Waals surface area contributed by atoms with Crippen molar-refractivity contribution in [1.82, 2.24) is 15.3 Å². The van der Waals surface area contributed by atoms with Crippen LogP contribution in [0.4, 0.5) is 5.82 Å². The van der Waals surface area contributed by atoms with Gasteiger partial charge in [0.15, 0.2) is 0 Å². The molecule has 6 nitrogen and oxygen atoms in total. The number of methoxy groups -OCH3 is 1. The molecular weight excluding hydrogens is 316 g/mol. The fourth-order valence-corrected chi connectivity index (χ4v) is 2.31. The van der Waals surface area contributed by atoms with Gasteiger partial charge in [-0.3, -0.25) is 4.79 Å². The van der Waals surface area contributed by atoms with Gasteiger partial charge in [0.05, 0.1) is 7.11 Å². The molecule has 2 rings (SSSR count). The summed E-state index contributed by atoms with van der Waals surface area (Å²) in [4.78, 5) is 20.3. The van der Waals surface area contributed by atoms with Crippen LogP contribution in [0.25, 0.3) is 0 Å². The highest BCUT2D eigenvalue weighted by Gasteiger charge is 2.08. The van der Waals surface area contributed by atoms with Crippen LogP contribution in [0.3, 0.4) is 0 Å². The summed E-state index contributed by atoms with van der Waals surface area (Å²) >= 11 is 0. The monoisotopic (exact) mass is 342 g/mol. The van der Waals surface area contributed by atoms with Gasteiger partial charge >= 0.3 is 0 Å². The van der Waals surface area contributed by atoms with Crippen LogP contribution in [-0.4, -0.2) is 36.1 Å². The molecule has 1 aromatic heterocycles. The van der Waals surface area contributed by atoms with Crippen molar-refractivity contribution in [3.63, 3.8) is 0 Å². The quantitative estimate of drug-likeness (QED) is 0.733. The van der Waals surface area contributed by atoms with Gasteiger partial charge < -0.3 is 15.4 Å². The first-order chi connectivity index (χ1) is 12.1. The molecule has 25 heavy (non-hydrogen) atoms. The average molecular weight is 342 g/mol. The van der Waals surface area contributed by atoms with Crippen LogP contribution in [0.15, 0.2) is 36.7 Å². The van der Waals surface area contributed by atoms with Crippen molar-refractivity contribution in [3.05, 3.63) is 47.9 Å². The van der Waals surface area contributed by atoms with E-state index in [1.54, 1.807) is 13.2 Å². The number of carbonyl (C=O) groups is 1. The van der Waals surface area contributed by atoms with Gasteiger partial charge in [0.1, 0.15) is 23.6 Å². The van der Waals surface area contributed by atoms with E-state index < -0.39 is 0 Å². The van der Waals surface area contributed by atoms with Gasteiger partial charge in [0, 0.05) is 19.2 Å². The SMILES string of the molecule is COc1cccc(CCNc2cc(C(=O)NCCC(C)C)ncn2)c1. The molecule has 0 atom stereocenters. The van der Waals surface area contributed by atoms with E-state index in [1.807, 2.05) is 18.2 Å². The van der Waals surface area contributed by atoms with E-state index in [1.165, 1.54) is 11.9 Å². The second-order valence-corrected chi connectivity index (χ2v) is 6.26. The van der Waals surface area contributed by atoms with Gasteiger partial charge in [-0.1, -0.05) is 26.0 Å². The van der Waals surface area contributed by atoms with Crippen LogP contribution >= 0.6 is 0 Å². The lowest BCUT2D eigenvalue weighted by atomic mass is 10.1. The first-order valence-corrected chi connectivity index (χ1v) is 8.55. The Morgan fingerprint density at radius 2 is 2.04 bits per heavy atom. The van der Waals surface area contributed by atoms with Crippen LogP contribution in [0.5, 0.6) is 5.75 Å². The average Bonchev–Trinajstić information content (AvgIpc) is 2.62. The molecule has 2 N–H and O–H groups in total. The highest BCUT2D eigenvalue weighted by molar-refractivity contribution is 5.92. The van der Waals surface area contributed by atoms with Crippen molar-refractivity contribution in [2.24, 2.45) is 5.92 Å². The van der Waals surface area contributed by atoms with Crippen molar-refractivity contribution in [2.45, 2.75) is 26.7 Å². The second kappa shape index (κ2) is 9.61. The molecule has 0 aliphatic rings. The summed E-state index contributed by atoms with van der Waals surface area (Å²) in [6, 6.07) is 9.63. The van der Waals surface area contributed by atoms with E-state index in [0.29, 0.717) is 30.5 Å². The lowest BCUT2D eigenvalue weighted by molar-refractivity contribution is 0.0947. The zero-order valence-electron chi connectivity index (χ0n) is 15.1. The standard InChI is InChI=1S/C19H26N4O2/c1-14(2)7-9-21-19(24)17-12-18(23-13-22-17)20-10-8-15-5-4-6-16(11-15)25-3/h4-6,11-14H,7-10H2,1-3H3,(H,21,24)(H,20,22,23). The largest absolute Gasteiger partial charge is 0.497 e. The van der Waals surface area contributed by atoms with Crippen LogP contribution in [-0.2, 0) is 6.42 Å². The van der Waals surface area contributed by atoms with Crippen LogP contribution < -0.4 is 15.4 Å². The minimum Gasteiger partial charge on any atom is -0.497 e. The maximum absolute atomic E-state index is 12.1.